The number of hydrogen-bond acceptors (Lipinski definition) is 5. The fraction of sp³-hybridized carbons (Fsp3) is 0.130. The van der Waals surface area contributed by atoms with Crippen LogP contribution in [0.3, 0.4) is 0 Å². The standard InChI is InChI=1S/C23H21ClIN3O3/c1-30-22-12-16(6-11-21(22)31-15-17-4-2-3-5-20(17)24)13-27-28-23(29)14-26-19-9-7-18(25)8-10-19/h2-13,26H,14-15H2,1H3,(H,28,29)/b27-13-. The third kappa shape index (κ3) is 7.15. The van der Waals surface area contributed by atoms with Gasteiger partial charge in [-0.15, -0.1) is 0 Å². The van der Waals surface area contributed by atoms with Crippen molar-refractivity contribution in [3.8, 4) is 11.5 Å². The molecule has 0 saturated carbocycles. The number of methoxy groups -OCH3 is 1. The van der Waals surface area contributed by atoms with Gasteiger partial charge < -0.3 is 14.8 Å². The van der Waals surface area contributed by atoms with E-state index in [1.54, 1.807) is 25.5 Å². The lowest BCUT2D eigenvalue weighted by atomic mass is 10.2. The van der Waals surface area contributed by atoms with Crippen molar-refractivity contribution in [2.24, 2.45) is 5.10 Å². The van der Waals surface area contributed by atoms with Gasteiger partial charge in [0.2, 0.25) is 0 Å². The smallest absolute Gasteiger partial charge is 0.259 e. The topological polar surface area (TPSA) is 72.0 Å². The van der Waals surface area contributed by atoms with Gasteiger partial charge in [-0.2, -0.15) is 5.10 Å². The van der Waals surface area contributed by atoms with E-state index in [4.69, 9.17) is 21.1 Å². The average molecular weight is 550 g/mol. The van der Waals surface area contributed by atoms with Crippen LogP contribution in [-0.2, 0) is 11.4 Å². The molecular weight excluding hydrogens is 529 g/mol. The van der Waals surface area contributed by atoms with Gasteiger partial charge in [0.1, 0.15) is 6.61 Å². The summed E-state index contributed by atoms with van der Waals surface area (Å²) >= 11 is 8.40. The molecule has 160 valence electrons. The zero-order valence-electron chi connectivity index (χ0n) is 16.8. The summed E-state index contributed by atoms with van der Waals surface area (Å²) in [5.74, 6) is 0.898. The minimum absolute atomic E-state index is 0.121. The number of benzene rings is 3. The van der Waals surface area contributed by atoms with Gasteiger partial charge >= 0.3 is 0 Å². The minimum atomic E-state index is -0.249. The molecule has 0 aromatic heterocycles. The number of amides is 1. The van der Waals surface area contributed by atoms with Gasteiger partial charge in [-0.3, -0.25) is 4.79 Å². The molecular formula is C23H21ClIN3O3. The zero-order chi connectivity index (χ0) is 22.1. The maximum atomic E-state index is 12.0. The molecule has 0 unspecified atom stereocenters. The first-order valence-corrected chi connectivity index (χ1v) is 10.9. The summed E-state index contributed by atoms with van der Waals surface area (Å²) in [4.78, 5) is 12.0. The highest BCUT2D eigenvalue weighted by molar-refractivity contribution is 14.1. The summed E-state index contributed by atoms with van der Waals surface area (Å²) in [5.41, 5.74) is 5.01. The number of hydrogen-bond donors (Lipinski definition) is 2. The molecule has 0 heterocycles. The van der Waals surface area contributed by atoms with Crippen LogP contribution in [0.25, 0.3) is 0 Å². The van der Waals surface area contributed by atoms with E-state index in [0.717, 1.165) is 20.4 Å². The fourth-order valence-electron chi connectivity index (χ4n) is 2.62. The number of hydrazone groups is 1. The van der Waals surface area contributed by atoms with E-state index in [1.165, 1.54) is 0 Å². The molecule has 3 rings (SSSR count). The van der Waals surface area contributed by atoms with Crippen molar-refractivity contribution >= 4 is 52.0 Å². The molecule has 0 spiro atoms. The Bertz CT molecular complexity index is 1060. The Hall–Kier alpha value is -2.78. The van der Waals surface area contributed by atoms with E-state index < -0.39 is 0 Å². The number of rotatable bonds is 9. The summed E-state index contributed by atoms with van der Waals surface area (Å²) in [6.07, 6.45) is 1.54. The van der Waals surface area contributed by atoms with Crippen molar-refractivity contribution in [2.75, 3.05) is 19.0 Å². The normalized spacial score (nSPS) is 10.7. The van der Waals surface area contributed by atoms with E-state index in [-0.39, 0.29) is 12.5 Å². The maximum absolute atomic E-state index is 12.0. The molecule has 6 nitrogen and oxygen atoms in total. The highest BCUT2D eigenvalue weighted by atomic mass is 127. The van der Waals surface area contributed by atoms with Crippen LogP contribution in [0.4, 0.5) is 5.69 Å². The summed E-state index contributed by atoms with van der Waals surface area (Å²) < 4.78 is 12.4. The van der Waals surface area contributed by atoms with E-state index in [0.29, 0.717) is 23.1 Å². The lowest BCUT2D eigenvalue weighted by Crippen LogP contribution is -2.25. The summed E-state index contributed by atoms with van der Waals surface area (Å²) in [5, 5.41) is 7.69. The summed E-state index contributed by atoms with van der Waals surface area (Å²) in [7, 11) is 1.57. The average Bonchev–Trinajstić information content (AvgIpc) is 2.78. The number of nitrogens with one attached hydrogen (secondary N) is 2. The molecule has 0 radical (unpaired) electrons. The van der Waals surface area contributed by atoms with Gasteiger partial charge in [0.15, 0.2) is 11.5 Å². The van der Waals surface area contributed by atoms with Gasteiger partial charge in [0, 0.05) is 19.8 Å². The quantitative estimate of drug-likeness (QED) is 0.222. The number of ether oxygens (including phenoxy) is 2. The van der Waals surface area contributed by atoms with Crippen LogP contribution in [-0.4, -0.2) is 25.8 Å². The van der Waals surface area contributed by atoms with Crippen LogP contribution in [0.2, 0.25) is 5.02 Å². The third-order valence-electron chi connectivity index (χ3n) is 4.23. The Morgan fingerprint density at radius 2 is 1.87 bits per heavy atom. The second-order valence-corrected chi connectivity index (χ2v) is 8.10. The number of halogens is 2. The van der Waals surface area contributed by atoms with Gasteiger partial charge in [0.05, 0.1) is 19.9 Å². The van der Waals surface area contributed by atoms with Gasteiger partial charge in [-0.1, -0.05) is 29.8 Å². The predicted molar refractivity (Wildman–Crippen MR) is 132 cm³/mol. The second-order valence-electron chi connectivity index (χ2n) is 6.44. The van der Waals surface area contributed by atoms with Gasteiger partial charge in [-0.25, -0.2) is 5.43 Å². The molecule has 3 aromatic rings. The molecule has 0 atom stereocenters. The molecule has 2 N–H and O–H groups in total. The van der Waals surface area contributed by atoms with Crippen LogP contribution in [0.5, 0.6) is 11.5 Å². The Kier molecular flexibility index (Phi) is 8.54. The van der Waals surface area contributed by atoms with Crippen molar-refractivity contribution < 1.29 is 14.3 Å². The molecule has 0 aliphatic carbocycles. The summed E-state index contributed by atoms with van der Waals surface area (Å²) in [6, 6.07) is 20.7. The van der Waals surface area contributed by atoms with E-state index in [1.807, 2.05) is 54.6 Å². The maximum Gasteiger partial charge on any atom is 0.259 e. The van der Waals surface area contributed by atoms with Crippen LogP contribution >= 0.6 is 34.2 Å². The Morgan fingerprint density at radius 1 is 1.10 bits per heavy atom. The van der Waals surface area contributed by atoms with Crippen LogP contribution in [0, 0.1) is 3.57 Å². The largest absolute Gasteiger partial charge is 0.493 e. The first-order valence-electron chi connectivity index (χ1n) is 9.41. The molecule has 8 heteroatoms. The van der Waals surface area contributed by atoms with Crippen molar-refractivity contribution in [2.45, 2.75) is 6.61 Å². The van der Waals surface area contributed by atoms with Gasteiger partial charge in [0.25, 0.3) is 5.91 Å². The SMILES string of the molecule is COc1cc(/C=N\NC(=O)CNc2ccc(I)cc2)ccc1OCc1ccccc1Cl. The van der Waals surface area contributed by atoms with E-state index in [9.17, 15) is 4.79 Å². The Morgan fingerprint density at radius 3 is 2.61 bits per heavy atom. The molecule has 31 heavy (non-hydrogen) atoms. The lowest BCUT2D eigenvalue weighted by Gasteiger charge is -2.12. The first-order chi connectivity index (χ1) is 15.0. The number of carbonyl (C=O) groups is 1. The molecule has 0 aliphatic rings. The van der Waals surface area contributed by atoms with Crippen LogP contribution in [0.15, 0.2) is 71.8 Å². The predicted octanol–water partition coefficient (Wildman–Crippen LogP) is 5.09. The molecule has 3 aromatic carbocycles. The number of anilines is 1. The van der Waals surface area contributed by atoms with Crippen molar-refractivity contribution in [1.82, 2.24) is 5.43 Å². The van der Waals surface area contributed by atoms with E-state index in [2.05, 4.69) is 38.4 Å². The Balaban J connectivity index is 1.52. The number of carbonyl (C=O) groups excluding carboxylic acids is 1. The highest BCUT2D eigenvalue weighted by Crippen LogP contribution is 2.29. The van der Waals surface area contributed by atoms with Gasteiger partial charge in [-0.05, 0) is 76.7 Å². The second kappa shape index (κ2) is 11.6. The van der Waals surface area contributed by atoms with Crippen LogP contribution < -0.4 is 20.2 Å². The van der Waals surface area contributed by atoms with Crippen LogP contribution in [0.1, 0.15) is 11.1 Å². The van der Waals surface area contributed by atoms with Crippen molar-refractivity contribution in [3.05, 3.63) is 86.4 Å². The molecule has 1 amide bonds. The monoisotopic (exact) mass is 549 g/mol. The lowest BCUT2D eigenvalue weighted by molar-refractivity contribution is -0.119. The molecule has 0 saturated heterocycles. The highest BCUT2D eigenvalue weighted by Gasteiger charge is 2.07. The molecule has 0 bridgehead atoms. The molecule has 0 fully saturated rings. The zero-order valence-corrected chi connectivity index (χ0v) is 19.7. The van der Waals surface area contributed by atoms with Crippen molar-refractivity contribution in [3.63, 3.8) is 0 Å². The first kappa shape index (κ1) is 22.9. The fourth-order valence-corrected chi connectivity index (χ4v) is 3.17. The third-order valence-corrected chi connectivity index (χ3v) is 5.32. The molecule has 0 aliphatic heterocycles. The minimum Gasteiger partial charge on any atom is -0.493 e. The van der Waals surface area contributed by atoms with E-state index >= 15 is 0 Å². The Labute approximate surface area is 199 Å². The van der Waals surface area contributed by atoms with Crippen molar-refractivity contribution in [1.29, 1.82) is 0 Å². The summed E-state index contributed by atoms with van der Waals surface area (Å²) in [6.45, 7) is 0.448. The number of nitrogens with zero attached hydrogens (tertiary/aromatic N) is 1.